The fraction of sp³-hybridized carbons (Fsp3) is 0.188. The van der Waals surface area contributed by atoms with Gasteiger partial charge in [0, 0.05) is 42.5 Å². The van der Waals surface area contributed by atoms with E-state index < -0.39 is 0 Å². The van der Waals surface area contributed by atoms with E-state index >= 15 is 0 Å². The number of aromatic nitrogens is 4. The number of fused-ring (bicyclic) bond motifs is 1. The van der Waals surface area contributed by atoms with Gasteiger partial charge in [0.25, 0.3) is 0 Å². The summed E-state index contributed by atoms with van der Waals surface area (Å²) in [6.07, 6.45) is 5.16. The maximum atomic E-state index is 14.2. The number of imidazole rings is 1. The number of halogens is 1. The average molecular weight is 297 g/mol. The van der Waals surface area contributed by atoms with Crippen LogP contribution in [0.5, 0.6) is 0 Å². The minimum absolute atomic E-state index is 0.313. The predicted octanol–water partition coefficient (Wildman–Crippen LogP) is 2.98. The largest absolute Gasteiger partial charge is 0.357 e. The lowest BCUT2D eigenvalue weighted by Gasteiger charge is -2.11. The minimum Gasteiger partial charge on any atom is -0.357 e. The smallest absolute Gasteiger partial charge is 0.222 e. The summed E-state index contributed by atoms with van der Waals surface area (Å²) in [5.74, 6) is 0.165. The van der Waals surface area contributed by atoms with Crippen LogP contribution < -0.4 is 5.32 Å². The molecule has 0 aliphatic rings. The van der Waals surface area contributed by atoms with Crippen LogP contribution in [0.4, 0.5) is 10.3 Å². The third-order valence-electron chi connectivity index (χ3n) is 3.62. The van der Waals surface area contributed by atoms with E-state index in [-0.39, 0.29) is 5.82 Å². The van der Waals surface area contributed by atoms with Crippen molar-refractivity contribution in [2.45, 2.75) is 13.8 Å². The first-order valence-corrected chi connectivity index (χ1v) is 6.85. The molecule has 22 heavy (non-hydrogen) atoms. The first-order chi connectivity index (χ1) is 10.5. The molecule has 0 bridgehead atoms. The molecule has 0 unspecified atom stereocenters. The molecule has 5 nitrogen and oxygen atoms in total. The highest BCUT2D eigenvalue weighted by molar-refractivity contribution is 5.79. The first kappa shape index (κ1) is 14.2. The highest BCUT2D eigenvalue weighted by Gasteiger charge is 2.13. The summed E-state index contributed by atoms with van der Waals surface area (Å²) in [7, 11) is 1.76. The van der Waals surface area contributed by atoms with E-state index in [1.807, 2.05) is 20.0 Å². The van der Waals surface area contributed by atoms with E-state index in [1.165, 1.54) is 6.07 Å². The summed E-state index contributed by atoms with van der Waals surface area (Å²) >= 11 is 0. The molecule has 0 amide bonds. The van der Waals surface area contributed by atoms with E-state index in [0.717, 1.165) is 17.0 Å². The zero-order valence-electron chi connectivity index (χ0n) is 12.7. The third-order valence-corrected chi connectivity index (χ3v) is 3.62. The Labute approximate surface area is 127 Å². The zero-order chi connectivity index (χ0) is 15.9. The van der Waals surface area contributed by atoms with Crippen molar-refractivity contribution in [3.63, 3.8) is 0 Å². The van der Waals surface area contributed by atoms with Gasteiger partial charge >= 0.3 is 0 Å². The summed E-state index contributed by atoms with van der Waals surface area (Å²) in [6.45, 7) is 7.83. The molecule has 1 N–H and O–H groups in total. The number of hydrogen-bond donors (Lipinski definition) is 1. The van der Waals surface area contributed by atoms with Crippen molar-refractivity contribution in [1.29, 1.82) is 0 Å². The molecule has 112 valence electrons. The number of anilines is 1. The average Bonchev–Trinajstić information content (AvgIpc) is 2.88. The topological polar surface area (TPSA) is 55.1 Å². The van der Waals surface area contributed by atoms with Crippen LogP contribution in [-0.4, -0.2) is 26.4 Å². The van der Waals surface area contributed by atoms with Gasteiger partial charge in [0.05, 0.1) is 5.69 Å². The fourth-order valence-corrected chi connectivity index (χ4v) is 2.37. The van der Waals surface area contributed by atoms with Crippen LogP contribution in [0.25, 0.3) is 11.2 Å². The maximum Gasteiger partial charge on any atom is 0.222 e. The van der Waals surface area contributed by atoms with Gasteiger partial charge in [0.2, 0.25) is 5.95 Å². The van der Waals surface area contributed by atoms with Gasteiger partial charge in [-0.1, -0.05) is 6.58 Å². The van der Waals surface area contributed by atoms with Crippen molar-refractivity contribution >= 4 is 17.2 Å². The minimum atomic E-state index is -0.378. The summed E-state index contributed by atoms with van der Waals surface area (Å²) in [6, 6.07) is 1.44. The summed E-state index contributed by atoms with van der Waals surface area (Å²) < 4.78 is 15.9. The summed E-state index contributed by atoms with van der Waals surface area (Å²) in [5, 5.41) is 2.89. The van der Waals surface area contributed by atoms with Crippen LogP contribution in [-0.2, 0) is 0 Å². The van der Waals surface area contributed by atoms with E-state index in [0.29, 0.717) is 22.7 Å². The van der Waals surface area contributed by atoms with Gasteiger partial charge < -0.3 is 9.72 Å². The van der Waals surface area contributed by atoms with Crippen LogP contribution in [0.2, 0.25) is 0 Å². The Morgan fingerprint density at radius 3 is 2.73 bits per heavy atom. The molecule has 0 fully saturated rings. The maximum absolute atomic E-state index is 14.2. The van der Waals surface area contributed by atoms with Crippen molar-refractivity contribution in [3.8, 4) is 0 Å². The molecular weight excluding hydrogens is 281 g/mol. The van der Waals surface area contributed by atoms with Gasteiger partial charge in [-0.3, -0.25) is 0 Å². The van der Waals surface area contributed by atoms with Crippen LogP contribution in [0.15, 0.2) is 31.2 Å². The SMILES string of the molecule is C=C(c1cc(F)c2ncc(C)n2c1)c1cnc(NC)nc1C. The Hall–Kier alpha value is -2.76. The molecule has 3 aromatic rings. The number of aryl methyl sites for hydroxylation is 2. The van der Waals surface area contributed by atoms with Gasteiger partial charge in [-0.15, -0.1) is 0 Å². The summed E-state index contributed by atoms with van der Waals surface area (Å²) in [5.41, 5.74) is 4.10. The first-order valence-electron chi connectivity index (χ1n) is 6.85. The second-order valence-electron chi connectivity index (χ2n) is 5.09. The van der Waals surface area contributed by atoms with Crippen molar-refractivity contribution < 1.29 is 4.39 Å². The highest BCUT2D eigenvalue weighted by atomic mass is 19.1. The molecule has 0 spiro atoms. The predicted molar refractivity (Wildman–Crippen MR) is 84.3 cm³/mol. The van der Waals surface area contributed by atoms with Gasteiger partial charge in [-0.05, 0) is 25.5 Å². The Kier molecular flexibility index (Phi) is 3.36. The number of rotatable bonds is 3. The Bertz CT molecular complexity index is 882. The highest BCUT2D eigenvalue weighted by Crippen LogP contribution is 2.25. The number of hydrogen-bond acceptors (Lipinski definition) is 4. The Balaban J connectivity index is 2.10. The van der Waals surface area contributed by atoms with E-state index in [4.69, 9.17) is 0 Å². The molecule has 3 heterocycles. The normalized spacial score (nSPS) is 10.9. The van der Waals surface area contributed by atoms with Crippen molar-refractivity contribution in [2.24, 2.45) is 0 Å². The van der Waals surface area contributed by atoms with E-state index in [2.05, 4.69) is 26.8 Å². The lowest BCUT2D eigenvalue weighted by Crippen LogP contribution is -2.02. The summed E-state index contributed by atoms with van der Waals surface area (Å²) in [4.78, 5) is 12.6. The molecule has 0 aliphatic carbocycles. The Morgan fingerprint density at radius 2 is 2.05 bits per heavy atom. The molecular formula is C16H16FN5. The van der Waals surface area contributed by atoms with Crippen LogP contribution in [0.1, 0.15) is 22.5 Å². The standard InChI is InChI=1S/C16H16FN5/c1-9-6-19-15-14(17)5-12(8-22(9)15)10(2)13-7-20-16(18-4)21-11(13)3/h5-8H,2H2,1,3-4H3,(H,18,20,21). The number of pyridine rings is 1. The molecule has 3 rings (SSSR count). The van der Waals surface area contributed by atoms with Gasteiger partial charge in [-0.25, -0.2) is 19.3 Å². The Morgan fingerprint density at radius 1 is 1.27 bits per heavy atom. The third kappa shape index (κ3) is 2.22. The van der Waals surface area contributed by atoms with Gasteiger partial charge in [0.15, 0.2) is 11.5 Å². The number of nitrogens with one attached hydrogen (secondary N) is 1. The van der Waals surface area contributed by atoms with Crippen LogP contribution in [0, 0.1) is 19.7 Å². The fourth-order valence-electron chi connectivity index (χ4n) is 2.37. The lowest BCUT2D eigenvalue weighted by molar-refractivity contribution is 0.629. The molecule has 0 saturated carbocycles. The zero-order valence-corrected chi connectivity index (χ0v) is 12.7. The van der Waals surface area contributed by atoms with E-state index in [1.54, 1.807) is 23.8 Å². The molecule has 0 atom stereocenters. The molecule has 6 heteroatoms. The quantitative estimate of drug-likeness (QED) is 0.807. The van der Waals surface area contributed by atoms with Gasteiger partial charge in [0.1, 0.15) is 0 Å². The second kappa shape index (κ2) is 5.22. The second-order valence-corrected chi connectivity index (χ2v) is 5.09. The molecule has 0 aromatic carbocycles. The molecule has 0 aliphatic heterocycles. The van der Waals surface area contributed by atoms with E-state index in [9.17, 15) is 4.39 Å². The van der Waals surface area contributed by atoms with Crippen molar-refractivity contribution in [2.75, 3.05) is 12.4 Å². The lowest BCUT2D eigenvalue weighted by atomic mass is 10.0. The monoisotopic (exact) mass is 297 g/mol. The van der Waals surface area contributed by atoms with Crippen molar-refractivity contribution in [1.82, 2.24) is 19.4 Å². The molecule has 0 saturated heterocycles. The number of nitrogens with zero attached hydrogens (tertiary/aromatic N) is 4. The van der Waals surface area contributed by atoms with Gasteiger partial charge in [-0.2, -0.15) is 0 Å². The molecule has 3 aromatic heterocycles. The molecule has 0 radical (unpaired) electrons. The van der Waals surface area contributed by atoms with Crippen LogP contribution >= 0.6 is 0 Å². The van der Waals surface area contributed by atoms with Crippen LogP contribution in [0.3, 0.4) is 0 Å². The van der Waals surface area contributed by atoms with Crippen molar-refractivity contribution in [3.05, 3.63) is 59.6 Å².